The van der Waals surface area contributed by atoms with Crippen molar-refractivity contribution in [1.82, 2.24) is 21.3 Å². The first kappa shape index (κ1) is 26.6. The van der Waals surface area contributed by atoms with Crippen molar-refractivity contribution in [3.05, 3.63) is 29.3 Å². The highest BCUT2D eigenvalue weighted by molar-refractivity contribution is 5.98. The van der Waals surface area contributed by atoms with E-state index in [1.54, 1.807) is 16.7 Å². The molecule has 13 heteroatoms. The average Bonchev–Trinajstić information content (AvgIpc) is 3.61. The molecule has 5 aliphatic rings. The lowest BCUT2D eigenvalue weighted by atomic mass is 9.79. The van der Waals surface area contributed by atoms with Crippen LogP contribution in [0.15, 0.2) is 23.2 Å². The average molecular weight is 556 g/mol. The largest absolute Gasteiger partial charge is 0.492 e. The number of para-hydroxylation sites is 1. The Balaban J connectivity index is 1.26. The summed E-state index contributed by atoms with van der Waals surface area (Å²) in [6.07, 6.45) is 4.60. The molecule has 0 aromatic heterocycles. The van der Waals surface area contributed by atoms with Crippen LogP contribution in [-0.2, 0) is 10.2 Å². The van der Waals surface area contributed by atoms with Crippen LogP contribution in [0.25, 0.3) is 0 Å². The quantitative estimate of drug-likeness (QED) is 0.151. The third-order valence-corrected chi connectivity index (χ3v) is 9.36. The molecule has 1 spiro atoms. The molecule has 10 N–H and O–H groups in total. The van der Waals surface area contributed by atoms with Crippen LogP contribution in [0.1, 0.15) is 61.9 Å². The summed E-state index contributed by atoms with van der Waals surface area (Å²) in [5.74, 6) is -2.45. The van der Waals surface area contributed by atoms with Crippen molar-refractivity contribution in [3.8, 4) is 5.75 Å². The van der Waals surface area contributed by atoms with E-state index in [-0.39, 0.29) is 42.2 Å². The number of fused-ring (bicyclic) bond motifs is 1. The van der Waals surface area contributed by atoms with E-state index in [0.717, 1.165) is 37.7 Å². The van der Waals surface area contributed by atoms with Gasteiger partial charge in [0.05, 0.1) is 25.3 Å². The van der Waals surface area contributed by atoms with Crippen molar-refractivity contribution < 1.29 is 29.1 Å². The molecule has 6 rings (SSSR count). The number of hydrogen-bond donors (Lipinski definition) is 8. The van der Waals surface area contributed by atoms with Crippen molar-refractivity contribution in [2.75, 3.05) is 19.7 Å². The van der Waals surface area contributed by atoms with E-state index >= 15 is 0 Å². The van der Waals surface area contributed by atoms with Gasteiger partial charge >= 0.3 is 5.96 Å². The second-order valence-corrected chi connectivity index (χ2v) is 12.2. The van der Waals surface area contributed by atoms with E-state index in [1.165, 1.54) is 0 Å². The van der Waals surface area contributed by atoms with Crippen LogP contribution in [0.3, 0.4) is 0 Å². The SMILES string of the molecule is CC1(C)CCOc2c(C(=O)NC3C[N+]4=C(N)N[C@@H](CNC(=O)C5CCCC5)[C@@H]5N=C(N)N[C@@]54C3(O)O)cccc21. The molecular weight excluding hydrogens is 516 g/mol. The zero-order chi connectivity index (χ0) is 28.4. The van der Waals surface area contributed by atoms with Gasteiger partial charge in [0.1, 0.15) is 23.9 Å². The van der Waals surface area contributed by atoms with Crippen molar-refractivity contribution in [3.63, 3.8) is 0 Å². The first-order valence-corrected chi connectivity index (χ1v) is 14.0. The summed E-state index contributed by atoms with van der Waals surface area (Å²) in [5, 5.41) is 35.3. The number of amides is 2. The number of nitrogens with zero attached hydrogens (tertiary/aromatic N) is 2. The van der Waals surface area contributed by atoms with Gasteiger partial charge in [0.2, 0.25) is 17.4 Å². The second kappa shape index (κ2) is 9.23. The third-order valence-electron chi connectivity index (χ3n) is 9.36. The van der Waals surface area contributed by atoms with Gasteiger partial charge in [-0.05, 0) is 30.7 Å². The summed E-state index contributed by atoms with van der Waals surface area (Å²) in [6.45, 7) is 4.81. The molecule has 1 saturated carbocycles. The molecule has 40 heavy (non-hydrogen) atoms. The number of aliphatic hydroxyl groups is 2. The Morgan fingerprint density at radius 2 is 1.98 bits per heavy atom. The van der Waals surface area contributed by atoms with E-state index in [4.69, 9.17) is 16.2 Å². The summed E-state index contributed by atoms with van der Waals surface area (Å²) < 4.78 is 7.45. The lowest BCUT2D eigenvalue weighted by Gasteiger charge is -2.43. The van der Waals surface area contributed by atoms with Gasteiger partial charge in [-0.15, -0.1) is 0 Å². The number of nitrogens with two attached hydrogens (primary N) is 2. The third kappa shape index (κ3) is 3.89. The summed E-state index contributed by atoms with van der Waals surface area (Å²) in [6, 6.07) is 2.82. The number of carbonyl (C=O) groups excluding carboxylic acids is 2. The fourth-order valence-corrected chi connectivity index (χ4v) is 7.05. The van der Waals surface area contributed by atoms with Crippen molar-refractivity contribution in [2.24, 2.45) is 22.4 Å². The highest BCUT2D eigenvalue weighted by atomic mass is 16.5. The van der Waals surface area contributed by atoms with Crippen molar-refractivity contribution in [2.45, 2.75) is 80.9 Å². The molecule has 216 valence electrons. The molecule has 0 radical (unpaired) electrons. The summed E-state index contributed by atoms with van der Waals surface area (Å²) in [7, 11) is 0. The molecule has 4 heterocycles. The zero-order valence-electron chi connectivity index (χ0n) is 22.9. The molecule has 13 nitrogen and oxygen atoms in total. The molecule has 0 bridgehead atoms. The molecule has 2 amide bonds. The van der Waals surface area contributed by atoms with E-state index in [9.17, 15) is 19.8 Å². The van der Waals surface area contributed by atoms with E-state index in [0.29, 0.717) is 17.9 Å². The minimum Gasteiger partial charge on any atom is -0.492 e. The Morgan fingerprint density at radius 1 is 1.23 bits per heavy atom. The lowest BCUT2D eigenvalue weighted by Crippen LogP contribution is -2.79. The highest BCUT2D eigenvalue weighted by Gasteiger charge is 2.75. The number of nitrogens with one attached hydrogen (secondary N) is 4. The first-order chi connectivity index (χ1) is 19.0. The predicted molar refractivity (Wildman–Crippen MR) is 145 cm³/mol. The molecule has 4 aliphatic heterocycles. The number of carbonyl (C=O) groups is 2. The first-order valence-electron chi connectivity index (χ1n) is 14.0. The number of rotatable bonds is 5. The monoisotopic (exact) mass is 555 g/mol. The van der Waals surface area contributed by atoms with Gasteiger partial charge in [0.25, 0.3) is 5.91 Å². The molecule has 1 aliphatic carbocycles. The molecular formula is C27H39N8O5+. The predicted octanol–water partition coefficient (Wildman–Crippen LogP) is -1.87. The molecule has 4 atom stereocenters. The summed E-state index contributed by atoms with van der Waals surface area (Å²) in [5.41, 5.74) is 11.9. The lowest BCUT2D eigenvalue weighted by molar-refractivity contribution is -0.623. The fraction of sp³-hybridized carbons (Fsp3) is 0.630. The fourth-order valence-electron chi connectivity index (χ4n) is 7.05. The van der Waals surface area contributed by atoms with Crippen LogP contribution in [0.4, 0.5) is 0 Å². The Hall–Kier alpha value is -3.58. The highest BCUT2D eigenvalue weighted by Crippen LogP contribution is 2.43. The van der Waals surface area contributed by atoms with Crippen molar-refractivity contribution in [1.29, 1.82) is 0 Å². The second-order valence-electron chi connectivity index (χ2n) is 12.2. The standard InChI is InChI=1S/C27H38N8O5/c1-25(2)10-11-40-19-15(8-5-9-16(19)25)22(37)32-18-13-35-24(29)31-17(12-30-21(36)14-6-3-4-7-14)20-26(35,27(18,38)39)34-23(28)33-20/h5,8-9,14,17-18,20,38-39H,3-4,6-7,10-13H2,1-2H3,(H7,28,29,30,31,32,33,34,36,37)/p+1/t17-,18?,20-,26-/m0/s1. The van der Waals surface area contributed by atoms with Crippen LogP contribution in [0, 0.1) is 5.92 Å². The van der Waals surface area contributed by atoms with Crippen LogP contribution >= 0.6 is 0 Å². The summed E-state index contributed by atoms with van der Waals surface area (Å²) in [4.78, 5) is 30.8. The van der Waals surface area contributed by atoms with Gasteiger partial charge in [0, 0.05) is 11.5 Å². The molecule has 1 saturated heterocycles. The number of guanidine groups is 2. The Kier molecular flexibility index (Phi) is 6.15. The van der Waals surface area contributed by atoms with E-state index in [2.05, 4.69) is 40.1 Å². The van der Waals surface area contributed by atoms with Crippen molar-refractivity contribution >= 4 is 23.7 Å². The van der Waals surface area contributed by atoms with E-state index < -0.39 is 35.5 Å². The smallest absolute Gasteiger partial charge is 0.346 e. The maximum absolute atomic E-state index is 13.6. The number of aliphatic imine (C=N–C) groups is 1. The number of benzene rings is 1. The maximum Gasteiger partial charge on any atom is 0.346 e. The van der Waals surface area contributed by atoms with Gasteiger partial charge in [-0.3, -0.25) is 20.6 Å². The van der Waals surface area contributed by atoms with Gasteiger partial charge in [-0.25, -0.2) is 9.57 Å². The van der Waals surface area contributed by atoms with Gasteiger partial charge in [-0.1, -0.05) is 38.8 Å². The minimum absolute atomic E-state index is 0.00540. The molecule has 2 fully saturated rings. The number of ether oxygens (including phenoxy) is 1. The van der Waals surface area contributed by atoms with Crippen LogP contribution in [0.2, 0.25) is 0 Å². The van der Waals surface area contributed by atoms with Gasteiger partial charge < -0.3 is 36.6 Å². The zero-order valence-corrected chi connectivity index (χ0v) is 22.9. The Bertz CT molecular complexity index is 1300. The van der Waals surface area contributed by atoms with E-state index in [1.807, 2.05) is 6.07 Å². The Morgan fingerprint density at radius 3 is 2.73 bits per heavy atom. The summed E-state index contributed by atoms with van der Waals surface area (Å²) >= 11 is 0. The minimum atomic E-state index is -2.55. The molecule has 1 aromatic rings. The Labute approximate surface area is 232 Å². The number of hydrogen-bond acceptors (Lipinski definition) is 10. The topological polar surface area (TPSA) is 199 Å². The van der Waals surface area contributed by atoms with Crippen LogP contribution < -0.4 is 37.5 Å². The van der Waals surface area contributed by atoms with Gasteiger partial charge in [0.15, 0.2) is 5.96 Å². The maximum atomic E-state index is 13.6. The van der Waals surface area contributed by atoms with Gasteiger partial charge in [-0.2, -0.15) is 0 Å². The normalized spacial score (nSPS) is 31.6. The molecule has 1 unspecified atom stereocenters. The molecule has 1 aromatic carbocycles. The van der Waals surface area contributed by atoms with Crippen LogP contribution in [-0.4, -0.2) is 87.8 Å². The van der Waals surface area contributed by atoms with Crippen LogP contribution in [0.5, 0.6) is 5.75 Å².